The van der Waals surface area contributed by atoms with Gasteiger partial charge >= 0.3 is 0 Å². The second-order valence-corrected chi connectivity index (χ2v) is 5.25. The van der Waals surface area contributed by atoms with E-state index >= 15 is 0 Å². The SMILES string of the molecule is CC(C)(C)OCCO.[CH2-]C(C)(C)C.[Y]. The summed E-state index contributed by atoms with van der Waals surface area (Å²) >= 11 is 0. The van der Waals surface area contributed by atoms with Crippen molar-refractivity contribution in [2.45, 2.75) is 47.1 Å². The summed E-state index contributed by atoms with van der Waals surface area (Å²) < 4.78 is 5.13. The van der Waals surface area contributed by atoms with Crippen molar-refractivity contribution in [2.75, 3.05) is 13.2 Å². The summed E-state index contributed by atoms with van der Waals surface area (Å²) in [6, 6.07) is 0. The van der Waals surface area contributed by atoms with E-state index in [9.17, 15) is 0 Å². The first kappa shape index (κ1) is 20.4. The van der Waals surface area contributed by atoms with Crippen molar-refractivity contribution in [1.29, 1.82) is 0 Å². The van der Waals surface area contributed by atoms with E-state index in [0.29, 0.717) is 6.61 Å². The van der Waals surface area contributed by atoms with Gasteiger partial charge in [0.25, 0.3) is 0 Å². The Morgan fingerprint density at radius 2 is 1.36 bits per heavy atom. The molecule has 0 aromatic carbocycles. The predicted molar refractivity (Wildman–Crippen MR) is 57.6 cm³/mol. The molecule has 0 atom stereocenters. The Morgan fingerprint density at radius 3 is 1.43 bits per heavy atom. The van der Waals surface area contributed by atoms with Gasteiger partial charge in [0, 0.05) is 32.7 Å². The smallest absolute Gasteiger partial charge is 0.0704 e. The number of aliphatic hydroxyl groups is 1. The minimum Gasteiger partial charge on any atom is -0.394 e. The van der Waals surface area contributed by atoms with Crippen LogP contribution in [0, 0.1) is 12.3 Å². The van der Waals surface area contributed by atoms with E-state index in [4.69, 9.17) is 9.84 Å². The van der Waals surface area contributed by atoms with Gasteiger partial charge in [-0.25, -0.2) is 0 Å². The molecule has 0 amide bonds. The van der Waals surface area contributed by atoms with E-state index in [1.807, 2.05) is 20.8 Å². The summed E-state index contributed by atoms with van der Waals surface area (Å²) in [6.45, 7) is 16.4. The van der Waals surface area contributed by atoms with E-state index in [1.54, 1.807) is 0 Å². The fourth-order valence-electron chi connectivity index (χ4n) is 0.352. The maximum atomic E-state index is 8.30. The minimum absolute atomic E-state index is 0. The summed E-state index contributed by atoms with van der Waals surface area (Å²) in [4.78, 5) is 0. The Kier molecular flexibility index (Phi) is 13.5. The van der Waals surface area contributed by atoms with Crippen molar-refractivity contribution in [3.63, 3.8) is 0 Å². The summed E-state index contributed by atoms with van der Waals surface area (Å²) in [6.07, 6.45) is 0. The van der Waals surface area contributed by atoms with Gasteiger partial charge in [0.1, 0.15) is 0 Å². The predicted octanol–water partition coefficient (Wildman–Crippen LogP) is 2.66. The second kappa shape index (κ2) is 9.26. The Morgan fingerprint density at radius 1 is 1.07 bits per heavy atom. The first-order valence-corrected chi connectivity index (χ1v) is 4.66. The zero-order valence-electron chi connectivity index (χ0n) is 10.6. The molecule has 0 spiro atoms. The molecule has 14 heavy (non-hydrogen) atoms. The Bertz CT molecular complexity index is 105. The third-order valence-corrected chi connectivity index (χ3v) is 0.626. The summed E-state index contributed by atoms with van der Waals surface area (Å²) in [5.74, 6) is 0. The second-order valence-electron chi connectivity index (χ2n) is 5.25. The van der Waals surface area contributed by atoms with Gasteiger partial charge in [-0.1, -0.05) is 20.8 Å². The van der Waals surface area contributed by atoms with Crippen LogP contribution in [0.2, 0.25) is 0 Å². The molecule has 0 bridgehead atoms. The molecule has 0 aromatic rings. The normalized spacial score (nSPS) is 11.1. The molecule has 85 valence electrons. The van der Waals surface area contributed by atoms with Crippen LogP contribution in [-0.4, -0.2) is 23.9 Å². The Balaban J connectivity index is -0.000000177. The van der Waals surface area contributed by atoms with E-state index in [1.165, 1.54) is 0 Å². The maximum Gasteiger partial charge on any atom is 0.0704 e. The Hall–Kier alpha value is 1.02. The first-order chi connectivity index (χ1) is 5.56. The van der Waals surface area contributed by atoms with Crippen LogP contribution in [-0.2, 0) is 37.4 Å². The molecule has 2 nitrogen and oxygen atoms in total. The van der Waals surface area contributed by atoms with E-state index in [0.717, 1.165) is 0 Å². The first-order valence-electron chi connectivity index (χ1n) is 4.66. The number of ether oxygens (including phenoxy) is 1. The van der Waals surface area contributed by atoms with Gasteiger partial charge in [0.15, 0.2) is 0 Å². The van der Waals surface area contributed by atoms with Gasteiger partial charge in [-0.2, -0.15) is 5.41 Å². The van der Waals surface area contributed by atoms with E-state index in [-0.39, 0.29) is 50.3 Å². The molecule has 0 heterocycles. The molecular formula is C11H25O2Y-. The largest absolute Gasteiger partial charge is 0.394 e. The standard InChI is InChI=1S/C6H14O2.C5H11.Y/c1-6(2,3)8-5-4-7;1-5(2,3)4;/h7H,4-5H2,1-3H3;1H2,2-4H3;/q;-1;. The number of hydrogen-bond acceptors (Lipinski definition) is 2. The molecule has 0 aliphatic heterocycles. The van der Waals surface area contributed by atoms with Gasteiger partial charge in [-0.05, 0) is 20.8 Å². The summed E-state index contributed by atoms with van der Waals surface area (Å²) in [5, 5.41) is 8.30. The molecule has 1 N–H and O–H groups in total. The number of aliphatic hydroxyl groups excluding tert-OH is 1. The average Bonchev–Trinajstić information content (AvgIpc) is 1.77. The van der Waals surface area contributed by atoms with Crippen molar-refractivity contribution in [2.24, 2.45) is 5.41 Å². The van der Waals surface area contributed by atoms with Crippen LogP contribution in [0.5, 0.6) is 0 Å². The third kappa shape index (κ3) is 51.9. The molecule has 0 saturated heterocycles. The summed E-state index contributed by atoms with van der Waals surface area (Å²) in [5.41, 5.74) is 0.142. The molecule has 0 rings (SSSR count). The van der Waals surface area contributed by atoms with Gasteiger partial charge in [-0.15, -0.1) is 0 Å². The van der Waals surface area contributed by atoms with Gasteiger partial charge < -0.3 is 16.8 Å². The van der Waals surface area contributed by atoms with Crippen molar-refractivity contribution >= 4 is 0 Å². The van der Waals surface area contributed by atoms with Crippen LogP contribution >= 0.6 is 0 Å². The molecule has 0 saturated carbocycles. The molecule has 0 fully saturated rings. The topological polar surface area (TPSA) is 29.5 Å². The quantitative estimate of drug-likeness (QED) is 0.787. The van der Waals surface area contributed by atoms with Crippen LogP contribution in [0.4, 0.5) is 0 Å². The van der Waals surface area contributed by atoms with Crippen LogP contribution < -0.4 is 0 Å². The zero-order valence-corrected chi connectivity index (χ0v) is 13.4. The Labute approximate surface area is 115 Å². The molecule has 0 unspecified atom stereocenters. The molecule has 3 heteroatoms. The molecule has 0 aliphatic carbocycles. The van der Waals surface area contributed by atoms with Crippen LogP contribution in [0.25, 0.3) is 0 Å². The van der Waals surface area contributed by atoms with Crippen LogP contribution in [0.15, 0.2) is 0 Å². The van der Waals surface area contributed by atoms with Crippen LogP contribution in [0.1, 0.15) is 41.5 Å². The van der Waals surface area contributed by atoms with Crippen molar-refractivity contribution in [3.8, 4) is 0 Å². The molecule has 1 radical (unpaired) electrons. The number of rotatable bonds is 2. The van der Waals surface area contributed by atoms with Crippen molar-refractivity contribution < 1.29 is 42.6 Å². The molecule has 0 aromatic heterocycles. The average molecular weight is 278 g/mol. The monoisotopic (exact) mass is 278 g/mol. The fraction of sp³-hybridized carbons (Fsp3) is 0.909. The molecule has 0 aliphatic rings. The zero-order chi connectivity index (χ0) is 11.1. The van der Waals surface area contributed by atoms with Crippen molar-refractivity contribution in [1.82, 2.24) is 0 Å². The number of hydrogen-bond donors (Lipinski definition) is 1. The summed E-state index contributed by atoms with van der Waals surface area (Å²) in [7, 11) is 0. The van der Waals surface area contributed by atoms with Crippen LogP contribution in [0.3, 0.4) is 0 Å². The van der Waals surface area contributed by atoms with Gasteiger partial charge in [-0.3, -0.25) is 0 Å². The fourth-order valence-corrected chi connectivity index (χ4v) is 0.352. The van der Waals surface area contributed by atoms with E-state index in [2.05, 4.69) is 27.7 Å². The molecular weight excluding hydrogens is 253 g/mol. The van der Waals surface area contributed by atoms with Crippen molar-refractivity contribution in [3.05, 3.63) is 6.92 Å². The van der Waals surface area contributed by atoms with Gasteiger partial charge in [0.2, 0.25) is 0 Å². The maximum absolute atomic E-state index is 8.30. The van der Waals surface area contributed by atoms with E-state index < -0.39 is 0 Å². The minimum atomic E-state index is -0.108. The van der Waals surface area contributed by atoms with Gasteiger partial charge in [0.05, 0.1) is 18.8 Å². The third-order valence-electron chi connectivity index (χ3n) is 0.626.